The van der Waals surface area contributed by atoms with Crippen molar-refractivity contribution in [3.63, 3.8) is 0 Å². The molecule has 0 bridgehead atoms. The maximum atomic E-state index is 5.94. The molecule has 4 aromatic rings. The van der Waals surface area contributed by atoms with Gasteiger partial charge in [0.1, 0.15) is 5.01 Å². The molecule has 0 aliphatic carbocycles. The number of halogens is 1. The van der Waals surface area contributed by atoms with Gasteiger partial charge in [0.25, 0.3) is 0 Å². The van der Waals surface area contributed by atoms with Gasteiger partial charge in [-0.1, -0.05) is 65.0 Å². The van der Waals surface area contributed by atoms with Crippen molar-refractivity contribution < 1.29 is 0 Å². The highest BCUT2D eigenvalue weighted by atomic mass is 35.5. The summed E-state index contributed by atoms with van der Waals surface area (Å²) in [6.07, 6.45) is 0. The predicted octanol–water partition coefficient (Wildman–Crippen LogP) is 6.73. The van der Waals surface area contributed by atoms with Crippen LogP contribution in [0.2, 0.25) is 5.02 Å². The third-order valence-electron chi connectivity index (χ3n) is 3.52. The minimum absolute atomic E-state index is 0.697. The summed E-state index contributed by atoms with van der Waals surface area (Å²) in [5, 5.41) is 8.46. The maximum Gasteiger partial charge on any atom is 0.184 e. The van der Waals surface area contributed by atoms with E-state index in [1.807, 2.05) is 42.5 Å². The molecule has 0 atom stereocenters. The number of nitrogens with zero attached hydrogens (tertiary/aromatic N) is 3. The van der Waals surface area contributed by atoms with Gasteiger partial charge in [-0.05, 0) is 36.5 Å². The van der Waals surface area contributed by atoms with E-state index in [2.05, 4.69) is 22.6 Å². The van der Waals surface area contributed by atoms with E-state index < -0.39 is 0 Å². The lowest BCUT2D eigenvalue weighted by atomic mass is 10.2. The molecule has 0 spiro atoms. The SMILES string of the molecule is S=c1sc(SCc2csc(-c3ccccc3)n2)nn1-c1ccc(Cl)cc1. The van der Waals surface area contributed by atoms with Crippen LogP contribution in [0.3, 0.4) is 0 Å². The highest BCUT2D eigenvalue weighted by Gasteiger charge is 2.09. The summed E-state index contributed by atoms with van der Waals surface area (Å²) < 4.78 is 3.42. The van der Waals surface area contributed by atoms with E-state index in [-0.39, 0.29) is 0 Å². The minimum atomic E-state index is 0.697. The zero-order valence-electron chi connectivity index (χ0n) is 13.3. The molecule has 0 saturated carbocycles. The molecule has 0 aliphatic rings. The molecule has 0 amide bonds. The summed E-state index contributed by atoms with van der Waals surface area (Å²) >= 11 is 16.2. The van der Waals surface area contributed by atoms with Gasteiger partial charge in [-0.3, -0.25) is 0 Å². The molecule has 0 saturated heterocycles. The van der Waals surface area contributed by atoms with Gasteiger partial charge in [-0.2, -0.15) is 0 Å². The summed E-state index contributed by atoms with van der Waals surface area (Å²) in [6.45, 7) is 0. The first-order chi connectivity index (χ1) is 12.7. The van der Waals surface area contributed by atoms with Crippen LogP contribution < -0.4 is 0 Å². The first-order valence-corrected chi connectivity index (χ1v) is 11.1. The lowest BCUT2D eigenvalue weighted by Crippen LogP contribution is -1.95. The Bertz CT molecular complexity index is 1070. The zero-order valence-corrected chi connectivity index (χ0v) is 17.4. The fourth-order valence-electron chi connectivity index (χ4n) is 2.29. The summed E-state index contributed by atoms with van der Waals surface area (Å²) in [6, 6.07) is 17.7. The summed E-state index contributed by atoms with van der Waals surface area (Å²) in [5.74, 6) is 0.770. The van der Waals surface area contributed by atoms with Crippen LogP contribution in [-0.2, 0) is 5.75 Å². The van der Waals surface area contributed by atoms with Gasteiger partial charge in [0, 0.05) is 21.7 Å². The number of aromatic nitrogens is 3. The normalized spacial score (nSPS) is 11.0. The van der Waals surface area contributed by atoms with Gasteiger partial charge >= 0.3 is 0 Å². The van der Waals surface area contributed by atoms with Crippen molar-refractivity contribution >= 4 is 58.3 Å². The number of hydrogen-bond donors (Lipinski definition) is 0. The lowest BCUT2D eigenvalue weighted by Gasteiger charge is -2.00. The van der Waals surface area contributed by atoms with E-state index in [1.54, 1.807) is 27.8 Å². The standard InChI is InChI=1S/C18H12ClN3S4/c19-13-6-8-15(9-7-13)22-18(23)26-17(21-22)25-11-14-10-24-16(20-14)12-4-2-1-3-5-12/h1-10H,11H2. The average molecular weight is 434 g/mol. The Balaban J connectivity index is 1.47. The van der Waals surface area contributed by atoms with Gasteiger partial charge in [-0.15, -0.1) is 16.4 Å². The summed E-state index contributed by atoms with van der Waals surface area (Å²) in [4.78, 5) is 4.72. The molecule has 0 fully saturated rings. The second-order valence-electron chi connectivity index (χ2n) is 5.32. The van der Waals surface area contributed by atoms with Crippen molar-refractivity contribution in [2.75, 3.05) is 0 Å². The van der Waals surface area contributed by atoms with Crippen LogP contribution in [-0.4, -0.2) is 14.8 Å². The van der Waals surface area contributed by atoms with Crippen LogP contribution >= 0.6 is 58.3 Å². The number of thiazole rings is 1. The van der Waals surface area contributed by atoms with Gasteiger partial charge < -0.3 is 0 Å². The smallest absolute Gasteiger partial charge is 0.184 e. The molecule has 2 aromatic carbocycles. The summed E-state index contributed by atoms with van der Waals surface area (Å²) in [5.41, 5.74) is 3.12. The molecule has 0 N–H and O–H groups in total. The van der Waals surface area contributed by atoms with Gasteiger partial charge in [0.2, 0.25) is 0 Å². The maximum absolute atomic E-state index is 5.94. The zero-order chi connectivity index (χ0) is 17.9. The van der Waals surface area contributed by atoms with Crippen molar-refractivity contribution in [3.05, 3.63) is 74.6 Å². The molecule has 130 valence electrons. The van der Waals surface area contributed by atoms with E-state index in [9.17, 15) is 0 Å². The molecule has 8 heteroatoms. The number of thioether (sulfide) groups is 1. The quantitative estimate of drug-likeness (QED) is 0.258. The van der Waals surface area contributed by atoms with Crippen LogP contribution in [0.1, 0.15) is 5.69 Å². The molecule has 26 heavy (non-hydrogen) atoms. The van der Waals surface area contributed by atoms with E-state index in [1.165, 1.54) is 11.3 Å². The highest BCUT2D eigenvalue weighted by Crippen LogP contribution is 2.30. The lowest BCUT2D eigenvalue weighted by molar-refractivity contribution is 0.829. The number of benzene rings is 2. The molecule has 0 radical (unpaired) electrons. The number of rotatable bonds is 5. The first kappa shape index (κ1) is 17.9. The molecule has 2 aromatic heterocycles. The average Bonchev–Trinajstić information content (AvgIpc) is 3.28. The largest absolute Gasteiger partial charge is 0.240 e. The monoisotopic (exact) mass is 433 g/mol. The van der Waals surface area contributed by atoms with Crippen molar-refractivity contribution in [3.8, 4) is 16.3 Å². The van der Waals surface area contributed by atoms with Crippen LogP contribution in [0, 0.1) is 3.95 Å². The molecular weight excluding hydrogens is 422 g/mol. The van der Waals surface area contributed by atoms with Crippen LogP contribution in [0.25, 0.3) is 16.3 Å². The van der Waals surface area contributed by atoms with Crippen molar-refractivity contribution in [1.82, 2.24) is 14.8 Å². The minimum Gasteiger partial charge on any atom is -0.240 e. The highest BCUT2D eigenvalue weighted by molar-refractivity contribution is 8.00. The third-order valence-corrected chi connectivity index (χ3v) is 7.11. The second kappa shape index (κ2) is 8.02. The van der Waals surface area contributed by atoms with Gasteiger partial charge in [0.15, 0.2) is 8.29 Å². The molecule has 3 nitrogen and oxygen atoms in total. The van der Waals surface area contributed by atoms with E-state index in [0.29, 0.717) is 5.02 Å². The van der Waals surface area contributed by atoms with Gasteiger partial charge in [-0.25, -0.2) is 9.67 Å². The fraction of sp³-hybridized carbons (Fsp3) is 0.0556. The Morgan fingerprint density at radius 2 is 1.85 bits per heavy atom. The molecule has 0 unspecified atom stereocenters. The molecule has 2 heterocycles. The Labute approximate surface area is 173 Å². The third kappa shape index (κ3) is 4.07. The predicted molar refractivity (Wildman–Crippen MR) is 114 cm³/mol. The Morgan fingerprint density at radius 3 is 2.62 bits per heavy atom. The van der Waals surface area contributed by atoms with E-state index >= 15 is 0 Å². The van der Waals surface area contributed by atoms with Crippen LogP contribution in [0.4, 0.5) is 0 Å². The number of hydrogen-bond acceptors (Lipinski definition) is 6. The Morgan fingerprint density at radius 1 is 1.08 bits per heavy atom. The van der Waals surface area contributed by atoms with E-state index in [0.717, 1.165) is 36.0 Å². The molecule has 4 rings (SSSR count). The second-order valence-corrected chi connectivity index (χ2v) is 9.46. The topological polar surface area (TPSA) is 30.7 Å². The van der Waals surface area contributed by atoms with Crippen LogP contribution in [0.15, 0.2) is 64.3 Å². The summed E-state index contributed by atoms with van der Waals surface area (Å²) in [7, 11) is 0. The first-order valence-electron chi connectivity index (χ1n) is 7.68. The Kier molecular flexibility index (Phi) is 5.52. The van der Waals surface area contributed by atoms with Crippen molar-refractivity contribution in [2.24, 2.45) is 0 Å². The van der Waals surface area contributed by atoms with Crippen LogP contribution in [0.5, 0.6) is 0 Å². The molecular formula is C18H12ClN3S4. The van der Waals surface area contributed by atoms with E-state index in [4.69, 9.17) is 28.8 Å². The van der Waals surface area contributed by atoms with Crippen molar-refractivity contribution in [1.29, 1.82) is 0 Å². The molecule has 0 aliphatic heterocycles. The van der Waals surface area contributed by atoms with Crippen molar-refractivity contribution in [2.45, 2.75) is 10.1 Å². The fourth-order valence-corrected chi connectivity index (χ4v) is 5.60. The van der Waals surface area contributed by atoms with Gasteiger partial charge in [0.05, 0.1) is 11.4 Å². The Hall–Kier alpha value is -1.51.